The first-order valence-corrected chi connectivity index (χ1v) is 9.08. The van der Waals surface area contributed by atoms with E-state index in [0.717, 1.165) is 35.8 Å². The van der Waals surface area contributed by atoms with Crippen LogP contribution in [0.5, 0.6) is 17.2 Å². The molecule has 1 aliphatic heterocycles. The summed E-state index contributed by atoms with van der Waals surface area (Å²) in [7, 11) is 1.72. The molecule has 2 aromatic carbocycles. The molecule has 1 heterocycles. The molecule has 0 radical (unpaired) electrons. The lowest BCUT2D eigenvalue weighted by Gasteiger charge is -2.26. The van der Waals surface area contributed by atoms with Gasteiger partial charge in [-0.3, -0.25) is 0 Å². The van der Waals surface area contributed by atoms with Crippen molar-refractivity contribution < 1.29 is 19.5 Å². The molecule has 0 amide bonds. The summed E-state index contributed by atoms with van der Waals surface area (Å²) in [4.78, 5) is 0. The SMILES string of the molecule is CCOc1cc2c(cc1OCC)[C@H](c1ccc(OC)c(C)c1)[NH2+]CC2. The van der Waals surface area contributed by atoms with Crippen molar-refractivity contribution in [3.63, 3.8) is 0 Å². The van der Waals surface area contributed by atoms with Crippen LogP contribution in [0.1, 0.15) is 42.1 Å². The molecular weight excluding hydrogens is 314 g/mol. The number of ether oxygens (including phenoxy) is 3. The van der Waals surface area contributed by atoms with Gasteiger partial charge in [-0.15, -0.1) is 0 Å². The molecule has 0 fully saturated rings. The second kappa shape index (κ2) is 7.79. The van der Waals surface area contributed by atoms with Crippen LogP contribution in [0.25, 0.3) is 0 Å². The smallest absolute Gasteiger partial charge is 0.161 e. The Morgan fingerprint density at radius 2 is 1.72 bits per heavy atom. The lowest BCUT2D eigenvalue weighted by atomic mass is 9.88. The average Bonchev–Trinajstić information content (AvgIpc) is 2.62. The summed E-state index contributed by atoms with van der Waals surface area (Å²) < 4.78 is 17.0. The van der Waals surface area contributed by atoms with Gasteiger partial charge in [0.25, 0.3) is 0 Å². The Hall–Kier alpha value is -2.20. The molecule has 1 atom stereocenters. The Bertz CT molecular complexity index is 742. The summed E-state index contributed by atoms with van der Waals surface area (Å²) in [5.74, 6) is 2.63. The van der Waals surface area contributed by atoms with Crippen LogP contribution < -0.4 is 19.5 Å². The van der Waals surface area contributed by atoms with Gasteiger partial charge in [-0.05, 0) is 62.2 Å². The van der Waals surface area contributed by atoms with Crippen molar-refractivity contribution in [3.05, 3.63) is 52.6 Å². The topological polar surface area (TPSA) is 44.3 Å². The van der Waals surface area contributed by atoms with Crippen LogP contribution in [0.3, 0.4) is 0 Å². The van der Waals surface area contributed by atoms with Crippen LogP contribution in [0.2, 0.25) is 0 Å². The van der Waals surface area contributed by atoms with Crippen LogP contribution in [-0.4, -0.2) is 26.9 Å². The number of benzene rings is 2. The van der Waals surface area contributed by atoms with E-state index < -0.39 is 0 Å². The largest absolute Gasteiger partial charge is 0.496 e. The van der Waals surface area contributed by atoms with Crippen molar-refractivity contribution in [1.82, 2.24) is 0 Å². The monoisotopic (exact) mass is 342 g/mol. The molecule has 3 rings (SSSR count). The van der Waals surface area contributed by atoms with E-state index in [-0.39, 0.29) is 6.04 Å². The molecule has 0 aromatic heterocycles. The second-order valence-corrected chi connectivity index (χ2v) is 6.34. The Morgan fingerprint density at radius 1 is 1.00 bits per heavy atom. The van der Waals surface area contributed by atoms with Gasteiger partial charge in [0.1, 0.15) is 11.8 Å². The van der Waals surface area contributed by atoms with Gasteiger partial charge in [0, 0.05) is 17.5 Å². The van der Waals surface area contributed by atoms with Crippen LogP contribution in [0, 0.1) is 6.92 Å². The summed E-state index contributed by atoms with van der Waals surface area (Å²) in [6.45, 7) is 8.46. The van der Waals surface area contributed by atoms with Crippen LogP contribution in [-0.2, 0) is 6.42 Å². The minimum atomic E-state index is 0.281. The molecule has 4 heteroatoms. The van der Waals surface area contributed by atoms with Crippen molar-refractivity contribution >= 4 is 0 Å². The second-order valence-electron chi connectivity index (χ2n) is 6.34. The molecule has 4 nitrogen and oxygen atoms in total. The zero-order valence-corrected chi connectivity index (χ0v) is 15.6. The zero-order chi connectivity index (χ0) is 17.8. The highest BCUT2D eigenvalue weighted by Gasteiger charge is 2.27. The number of methoxy groups -OCH3 is 1. The van der Waals surface area contributed by atoms with Crippen molar-refractivity contribution in [2.24, 2.45) is 0 Å². The van der Waals surface area contributed by atoms with E-state index in [4.69, 9.17) is 14.2 Å². The fraction of sp³-hybridized carbons (Fsp3) is 0.429. The Kier molecular flexibility index (Phi) is 5.49. The van der Waals surface area contributed by atoms with Crippen molar-refractivity contribution in [2.75, 3.05) is 26.9 Å². The van der Waals surface area contributed by atoms with Crippen molar-refractivity contribution in [1.29, 1.82) is 0 Å². The third-order valence-electron chi connectivity index (χ3n) is 4.73. The lowest BCUT2D eigenvalue weighted by molar-refractivity contribution is -0.690. The van der Waals surface area contributed by atoms with Crippen molar-refractivity contribution in [2.45, 2.75) is 33.2 Å². The van der Waals surface area contributed by atoms with Gasteiger partial charge >= 0.3 is 0 Å². The van der Waals surface area contributed by atoms with E-state index in [1.165, 1.54) is 16.7 Å². The van der Waals surface area contributed by atoms with Crippen LogP contribution >= 0.6 is 0 Å². The van der Waals surface area contributed by atoms with Crippen molar-refractivity contribution in [3.8, 4) is 17.2 Å². The Labute approximate surface area is 150 Å². The van der Waals surface area contributed by atoms with Crippen LogP contribution in [0.15, 0.2) is 30.3 Å². The standard InChI is InChI=1S/C21H27NO3/c1-5-24-19-12-15-9-10-22-21(17(15)13-20(19)25-6-2)16-7-8-18(23-4)14(3)11-16/h7-8,11-13,21-22H,5-6,9-10H2,1-4H3/p+1/t21-/m0/s1. The predicted octanol–water partition coefficient (Wildman–Crippen LogP) is 3.01. The number of hydrogen-bond acceptors (Lipinski definition) is 3. The summed E-state index contributed by atoms with van der Waals surface area (Å²) in [5.41, 5.74) is 5.14. The predicted molar refractivity (Wildman–Crippen MR) is 98.9 cm³/mol. The molecule has 25 heavy (non-hydrogen) atoms. The summed E-state index contributed by atoms with van der Waals surface area (Å²) >= 11 is 0. The number of hydrogen-bond donors (Lipinski definition) is 1. The molecule has 0 aliphatic carbocycles. The van der Waals surface area contributed by atoms with Gasteiger partial charge in [0.15, 0.2) is 11.5 Å². The zero-order valence-electron chi connectivity index (χ0n) is 15.6. The molecule has 0 saturated carbocycles. The molecule has 134 valence electrons. The maximum absolute atomic E-state index is 5.84. The minimum Gasteiger partial charge on any atom is -0.496 e. The number of aryl methyl sites for hydroxylation is 1. The normalized spacial score (nSPS) is 16.2. The van der Waals surface area contributed by atoms with Gasteiger partial charge < -0.3 is 19.5 Å². The van der Waals surface area contributed by atoms with Crippen LogP contribution in [0.4, 0.5) is 0 Å². The van der Waals surface area contributed by atoms with Gasteiger partial charge in [-0.1, -0.05) is 0 Å². The van der Waals surface area contributed by atoms with E-state index in [9.17, 15) is 0 Å². The number of rotatable bonds is 6. The Morgan fingerprint density at radius 3 is 2.36 bits per heavy atom. The Balaban J connectivity index is 2.03. The highest BCUT2D eigenvalue weighted by Crippen LogP contribution is 2.36. The number of nitrogens with two attached hydrogens (primary N) is 1. The van der Waals surface area contributed by atoms with Gasteiger partial charge in [0.2, 0.25) is 0 Å². The van der Waals surface area contributed by atoms with Gasteiger partial charge in [0.05, 0.1) is 26.9 Å². The third kappa shape index (κ3) is 3.59. The van der Waals surface area contributed by atoms with E-state index in [1.807, 2.05) is 13.8 Å². The molecule has 0 bridgehead atoms. The maximum Gasteiger partial charge on any atom is 0.161 e. The van der Waals surface area contributed by atoms with E-state index >= 15 is 0 Å². The van der Waals surface area contributed by atoms with Gasteiger partial charge in [-0.2, -0.15) is 0 Å². The first-order chi connectivity index (χ1) is 12.2. The highest BCUT2D eigenvalue weighted by molar-refractivity contribution is 5.51. The molecule has 2 N–H and O–H groups in total. The highest BCUT2D eigenvalue weighted by atomic mass is 16.5. The van der Waals surface area contributed by atoms with E-state index in [0.29, 0.717) is 13.2 Å². The summed E-state index contributed by atoms with van der Waals surface area (Å²) in [5, 5.41) is 2.40. The molecule has 0 unspecified atom stereocenters. The molecule has 1 aliphatic rings. The first kappa shape index (κ1) is 17.6. The fourth-order valence-corrected chi connectivity index (χ4v) is 3.60. The average molecular weight is 342 g/mol. The summed E-state index contributed by atoms with van der Waals surface area (Å²) in [6, 6.07) is 11.1. The molecular formula is C21H28NO3+. The lowest BCUT2D eigenvalue weighted by Crippen LogP contribution is -2.87. The molecule has 0 spiro atoms. The van der Waals surface area contributed by atoms with E-state index in [2.05, 4.69) is 42.6 Å². The van der Waals surface area contributed by atoms with E-state index in [1.54, 1.807) is 7.11 Å². The summed E-state index contributed by atoms with van der Waals surface area (Å²) in [6.07, 6.45) is 1.05. The fourth-order valence-electron chi connectivity index (χ4n) is 3.60. The third-order valence-corrected chi connectivity index (χ3v) is 4.73. The minimum absolute atomic E-state index is 0.281. The quantitative estimate of drug-likeness (QED) is 0.878. The maximum atomic E-state index is 5.84. The first-order valence-electron chi connectivity index (χ1n) is 9.08. The number of fused-ring (bicyclic) bond motifs is 1. The molecule has 0 saturated heterocycles. The molecule has 2 aromatic rings. The van der Waals surface area contributed by atoms with Gasteiger partial charge in [-0.25, -0.2) is 0 Å². The number of quaternary nitrogens is 1.